The summed E-state index contributed by atoms with van der Waals surface area (Å²) in [5.41, 5.74) is 1.25. The van der Waals surface area contributed by atoms with Crippen LogP contribution in [-0.2, 0) is 0 Å². The second kappa shape index (κ2) is 5.10. The minimum absolute atomic E-state index is 0.00102. The van der Waals surface area contributed by atoms with Gasteiger partial charge in [0, 0.05) is 0 Å². The molecule has 0 aliphatic heterocycles. The molecule has 0 unspecified atom stereocenters. The Morgan fingerprint density at radius 3 is 2.65 bits per heavy atom. The van der Waals surface area contributed by atoms with Crippen molar-refractivity contribution in [2.24, 2.45) is 40.4 Å². The predicted molar refractivity (Wildman–Crippen MR) is 93.9 cm³/mol. The van der Waals surface area contributed by atoms with Crippen molar-refractivity contribution in [3.8, 4) is 0 Å². The van der Waals surface area contributed by atoms with Gasteiger partial charge in [0.05, 0.1) is 6.10 Å². The first-order chi connectivity index (χ1) is 11.1. The van der Waals surface area contributed by atoms with Gasteiger partial charge < -0.3 is 5.11 Å². The fraction of sp³-hybridized carbons (Fsp3) is 0.909. The molecule has 0 saturated heterocycles. The molecule has 5 rings (SSSR count). The molecule has 1 spiro atoms. The Morgan fingerprint density at radius 1 is 0.870 bits per heavy atom. The quantitative estimate of drug-likeness (QED) is 0.599. The van der Waals surface area contributed by atoms with E-state index in [1.807, 2.05) is 0 Å². The highest BCUT2D eigenvalue weighted by Crippen LogP contribution is 2.69. The van der Waals surface area contributed by atoms with Crippen LogP contribution in [-0.4, -0.2) is 11.2 Å². The number of aliphatic hydroxyl groups is 1. The van der Waals surface area contributed by atoms with Crippen LogP contribution in [0.2, 0.25) is 0 Å². The zero-order valence-electron chi connectivity index (χ0n) is 14.8. The molecule has 4 fully saturated rings. The fourth-order valence-electron chi connectivity index (χ4n) is 8.49. The molecular formula is C22H34O. The van der Waals surface area contributed by atoms with Gasteiger partial charge in [0.2, 0.25) is 0 Å². The van der Waals surface area contributed by atoms with Crippen molar-refractivity contribution in [2.45, 2.75) is 83.7 Å². The molecule has 1 heteroatoms. The van der Waals surface area contributed by atoms with Crippen LogP contribution < -0.4 is 0 Å². The maximum absolute atomic E-state index is 10.2. The normalized spacial score (nSPS) is 58.0. The number of hydrogen-bond donors (Lipinski definition) is 1. The molecule has 5 aliphatic carbocycles. The lowest BCUT2D eigenvalue weighted by atomic mass is 9.43. The Balaban J connectivity index is 1.46. The number of fused-ring (bicyclic) bond motifs is 4. The molecule has 1 N–H and O–H groups in total. The van der Waals surface area contributed by atoms with E-state index in [2.05, 4.69) is 19.1 Å². The van der Waals surface area contributed by atoms with Gasteiger partial charge in [-0.3, -0.25) is 0 Å². The van der Waals surface area contributed by atoms with E-state index in [1.165, 1.54) is 57.8 Å². The van der Waals surface area contributed by atoms with Crippen LogP contribution in [0.4, 0.5) is 0 Å². The van der Waals surface area contributed by atoms with Gasteiger partial charge in [-0.1, -0.05) is 19.1 Å². The van der Waals surface area contributed by atoms with Crippen LogP contribution in [0.5, 0.6) is 0 Å². The summed E-state index contributed by atoms with van der Waals surface area (Å²) in [5.74, 6) is 4.83. The third kappa shape index (κ3) is 1.95. The maximum atomic E-state index is 10.2. The molecule has 0 aromatic heterocycles. The second-order valence-electron chi connectivity index (χ2n) is 10.0. The molecule has 0 amide bonds. The first-order valence-corrected chi connectivity index (χ1v) is 10.5. The highest BCUT2D eigenvalue weighted by Gasteiger charge is 2.61. The Hall–Kier alpha value is -0.300. The summed E-state index contributed by atoms with van der Waals surface area (Å²) in [7, 11) is 0. The van der Waals surface area contributed by atoms with Crippen LogP contribution in [0.15, 0.2) is 12.2 Å². The molecule has 4 saturated carbocycles. The van der Waals surface area contributed by atoms with Crippen molar-refractivity contribution in [3.05, 3.63) is 12.2 Å². The van der Waals surface area contributed by atoms with E-state index in [1.54, 1.807) is 0 Å². The zero-order valence-corrected chi connectivity index (χ0v) is 14.8. The van der Waals surface area contributed by atoms with E-state index in [0.29, 0.717) is 10.8 Å². The summed E-state index contributed by atoms with van der Waals surface area (Å²) >= 11 is 0. The van der Waals surface area contributed by atoms with Crippen molar-refractivity contribution < 1.29 is 5.11 Å². The van der Waals surface area contributed by atoms with E-state index in [9.17, 15) is 5.11 Å². The summed E-state index contributed by atoms with van der Waals surface area (Å²) in [6, 6.07) is 0. The third-order valence-electron chi connectivity index (χ3n) is 9.62. The van der Waals surface area contributed by atoms with E-state index >= 15 is 0 Å². The first-order valence-electron chi connectivity index (χ1n) is 10.5. The number of aliphatic hydroxyl groups excluding tert-OH is 1. The molecule has 1 nitrogen and oxygen atoms in total. The lowest BCUT2D eigenvalue weighted by Crippen LogP contribution is -2.54. The molecule has 23 heavy (non-hydrogen) atoms. The van der Waals surface area contributed by atoms with Gasteiger partial charge in [0.15, 0.2) is 0 Å². The smallest absolute Gasteiger partial charge is 0.0543 e. The van der Waals surface area contributed by atoms with Gasteiger partial charge in [-0.2, -0.15) is 0 Å². The molecule has 0 aromatic carbocycles. The standard InChI is InChI=1S/C22H34O/c1-21-12-9-17(23)14-16(21)5-7-18-19(21)10-13-22-11-3-2-4-15(22)6-8-20(18)22/h2-3,15-20,23H,4-14H2,1H3/t15-,16+,17+,18+,19-,20-,21-,22-/m0/s1. The molecule has 0 heterocycles. The molecule has 128 valence electrons. The largest absolute Gasteiger partial charge is 0.393 e. The van der Waals surface area contributed by atoms with E-state index in [4.69, 9.17) is 0 Å². The minimum atomic E-state index is -0.00102. The molecular weight excluding hydrogens is 280 g/mol. The molecule has 0 bridgehead atoms. The number of rotatable bonds is 0. The van der Waals surface area contributed by atoms with Crippen molar-refractivity contribution in [3.63, 3.8) is 0 Å². The van der Waals surface area contributed by atoms with Gasteiger partial charge >= 0.3 is 0 Å². The minimum Gasteiger partial charge on any atom is -0.393 e. The topological polar surface area (TPSA) is 20.2 Å². The summed E-state index contributed by atoms with van der Waals surface area (Å²) in [6.07, 6.45) is 20.2. The van der Waals surface area contributed by atoms with Crippen LogP contribution in [0.25, 0.3) is 0 Å². The highest BCUT2D eigenvalue weighted by atomic mass is 16.3. The Labute approximate surface area is 141 Å². The van der Waals surface area contributed by atoms with Crippen LogP contribution in [0.3, 0.4) is 0 Å². The summed E-state index contributed by atoms with van der Waals surface area (Å²) in [4.78, 5) is 0. The number of hydrogen-bond acceptors (Lipinski definition) is 1. The summed E-state index contributed by atoms with van der Waals surface area (Å²) < 4.78 is 0. The average molecular weight is 315 g/mol. The van der Waals surface area contributed by atoms with Crippen molar-refractivity contribution in [1.82, 2.24) is 0 Å². The first kappa shape index (κ1) is 15.0. The lowest BCUT2D eigenvalue weighted by molar-refractivity contribution is -0.130. The molecule has 0 aromatic rings. The Kier molecular flexibility index (Phi) is 3.32. The highest BCUT2D eigenvalue weighted by molar-refractivity contribution is 5.14. The van der Waals surface area contributed by atoms with Crippen LogP contribution in [0.1, 0.15) is 77.6 Å². The van der Waals surface area contributed by atoms with Gasteiger partial charge in [-0.05, 0) is 111 Å². The molecule has 5 aliphatic rings. The maximum Gasteiger partial charge on any atom is 0.0543 e. The zero-order chi connectivity index (χ0) is 15.7. The third-order valence-corrected chi connectivity index (χ3v) is 9.62. The molecule has 0 radical (unpaired) electrons. The monoisotopic (exact) mass is 314 g/mol. The number of allylic oxidation sites excluding steroid dienone is 2. The van der Waals surface area contributed by atoms with Gasteiger partial charge in [-0.25, -0.2) is 0 Å². The summed E-state index contributed by atoms with van der Waals surface area (Å²) in [5, 5.41) is 10.2. The SMILES string of the molecule is C[C@]12CC[C@@H](O)C[C@H]1CC[C@@H]1[C@@H]2CC[C@@]23CC=CC[C@H]2CC[C@@H]13. The second-order valence-corrected chi connectivity index (χ2v) is 10.0. The Morgan fingerprint density at radius 2 is 1.74 bits per heavy atom. The average Bonchev–Trinajstić information content (AvgIpc) is 2.95. The van der Waals surface area contributed by atoms with E-state index in [0.717, 1.165) is 42.4 Å². The Bertz CT molecular complexity index is 510. The van der Waals surface area contributed by atoms with Crippen molar-refractivity contribution in [1.29, 1.82) is 0 Å². The predicted octanol–water partition coefficient (Wildman–Crippen LogP) is 5.34. The van der Waals surface area contributed by atoms with Gasteiger partial charge in [-0.15, -0.1) is 0 Å². The fourth-order valence-corrected chi connectivity index (χ4v) is 8.49. The lowest BCUT2D eigenvalue weighted by Gasteiger charge is -2.61. The van der Waals surface area contributed by atoms with Crippen molar-refractivity contribution in [2.75, 3.05) is 0 Å². The van der Waals surface area contributed by atoms with Gasteiger partial charge in [0.1, 0.15) is 0 Å². The van der Waals surface area contributed by atoms with Crippen LogP contribution >= 0.6 is 0 Å². The van der Waals surface area contributed by atoms with Gasteiger partial charge in [0.25, 0.3) is 0 Å². The molecule has 8 atom stereocenters. The van der Waals surface area contributed by atoms with E-state index < -0.39 is 0 Å². The van der Waals surface area contributed by atoms with Crippen LogP contribution in [0, 0.1) is 40.4 Å². The summed E-state index contributed by atoms with van der Waals surface area (Å²) in [6.45, 7) is 2.62. The van der Waals surface area contributed by atoms with Crippen molar-refractivity contribution >= 4 is 0 Å². The van der Waals surface area contributed by atoms with E-state index in [-0.39, 0.29) is 6.10 Å².